The SMILES string of the molecule is c1ccc2cc3c(cc2c1)c1ccccc1n3-c1ccc(-c2ccc(N(c3cccc4ccccc34)c3cccc4ccccc34)cc2)cc1. The summed E-state index contributed by atoms with van der Waals surface area (Å²) >= 11 is 0. The molecule has 1 aromatic heterocycles. The van der Waals surface area contributed by atoms with Crippen LogP contribution in [0.15, 0.2) is 194 Å². The van der Waals surface area contributed by atoms with Crippen LogP contribution in [0, 0.1) is 0 Å². The quantitative estimate of drug-likeness (QED) is 0.182. The number of anilines is 3. The fourth-order valence-electron chi connectivity index (χ4n) is 7.75. The molecule has 9 aromatic carbocycles. The first-order valence-electron chi connectivity index (χ1n) is 17.2. The van der Waals surface area contributed by atoms with Crippen molar-refractivity contribution < 1.29 is 0 Å². The first-order chi connectivity index (χ1) is 24.8. The van der Waals surface area contributed by atoms with Crippen molar-refractivity contribution >= 4 is 71.2 Å². The van der Waals surface area contributed by atoms with Gasteiger partial charge in [0.15, 0.2) is 0 Å². The molecule has 0 radical (unpaired) electrons. The van der Waals surface area contributed by atoms with Gasteiger partial charge < -0.3 is 9.47 Å². The average Bonchev–Trinajstić information content (AvgIpc) is 3.50. The summed E-state index contributed by atoms with van der Waals surface area (Å²) in [6, 6.07) is 70.5. The molecule has 0 bridgehead atoms. The Labute approximate surface area is 290 Å². The number of aromatic nitrogens is 1. The number of nitrogens with zero attached hydrogens (tertiary/aromatic N) is 2. The van der Waals surface area contributed by atoms with Gasteiger partial charge in [-0.05, 0) is 87.3 Å². The number of benzene rings is 9. The molecule has 10 rings (SSSR count). The zero-order chi connectivity index (χ0) is 33.0. The number of hydrogen-bond donors (Lipinski definition) is 0. The van der Waals surface area contributed by atoms with Crippen molar-refractivity contribution in [3.63, 3.8) is 0 Å². The van der Waals surface area contributed by atoms with Crippen molar-refractivity contribution in [2.24, 2.45) is 0 Å². The van der Waals surface area contributed by atoms with Gasteiger partial charge in [-0.1, -0.05) is 140 Å². The van der Waals surface area contributed by atoms with E-state index in [1.807, 2.05) is 0 Å². The Kier molecular flexibility index (Phi) is 6.53. The summed E-state index contributed by atoms with van der Waals surface area (Å²) in [4.78, 5) is 2.41. The molecule has 0 amide bonds. The van der Waals surface area contributed by atoms with Gasteiger partial charge in [0.25, 0.3) is 0 Å². The standard InChI is InChI=1S/C48H32N2/c1-2-14-38-32-48-44(31-37(38)13-1)43-19-7-8-20-47(43)50(48)40-29-25-34(26-30-40)33-23-27-39(28-24-33)49(45-21-9-15-35-11-3-5-17-41(35)45)46-22-10-16-36-12-4-6-18-42(36)46/h1-32H. The van der Waals surface area contributed by atoms with Crippen molar-refractivity contribution in [3.05, 3.63) is 194 Å². The van der Waals surface area contributed by atoms with Crippen LogP contribution in [0.2, 0.25) is 0 Å². The number of rotatable bonds is 5. The third-order valence-electron chi connectivity index (χ3n) is 10.1. The predicted molar refractivity (Wildman–Crippen MR) is 213 cm³/mol. The summed E-state index contributed by atoms with van der Waals surface area (Å²) in [5.74, 6) is 0. The lowest BCUT2D eigenvalue weighted by Crippen LogP contribution is -2.11. The second-order valence-electron chi connectivity index (χ2n) is 13.0. The van der Waals surface area contributed by atoms with Crippen LogP contribution in [0.3, 0.4) is 0 Å². The fraction of sp³-hybridized carbons (Fsp3) is 0. The van der Waals surface area contributed by atoms with Crippen LogP contribution in [-0.4, -0.2) is 4.57 Å². The van der Waals surface area contributed by atoms with E-state index in [0.29, 0.717) is 0 Å². The third kappa shape index (κ3) is 4.57. The van der Waals surface area contributed by atoms with Gasteiger partial charge in [0.05, 0.1) is 22.4 Å². The minimum absolute atomic E-state index is 1.12. The maximum Gasteiger partial charge on any atom is 0.0547 e. The maximum atomic E-state index is 2.41. The van der Waals surface area contributed by atoms with Gasteiger partial charge >= 0.3 is 0 Å². The second kappa shape index (κ2) is 11.5. The molecule has 0 aliphatic heterocycles. The first-order valence-corrected chi connectivity index (χ1v) is 17.2. The lowest BCUT2D eigenvalue weighted by Gasteiger charge is -2.28. The van der Waals surface area contributed by atoms with Gasteiger partial charge in [0.2, 0.25) is 0 Å². The Balaban J connectivity index is 1.07. The monoisotopic (exact) mass is 636 g/mol. The van der Waals surface area contributed by atoms with Crippen molar-refractivity contribution in [2.75, 3.05) is 4.90 Å². The second-order valence-corrected chi connectivity index (χ2v) is 13.0. The Morgan fingerprint density at radius 2 is 0.800 bits per heavy atom. The molecule has 50 heavy (non-hydrogen) atoms. The molecule has 2 heteroatoms. The van der Waals surface area contributed by atoms with Crippen LogP contribution in [0.25, 0.3) is 70.9 Å². The van der Waals surface area contributed by atoms with E-state index in [4.69, 9.17) is 0 Å². The molecule has 0 N–H and O–H groups in total. The molecule has 0 saturated carbocycles. The van der Waals surface area contributed by atoms with Gasteiger partial charge in [-0.2, -0.15) is 0 Å². The predicted octanol–water partition coefficient (Wildman–Crippen LogP) is 13.4. The minimum atomic E-state index is 1.12. The van der Waals surface area contributed by atoms with E-state index in [1.165, 1.54) is 65.3 Å². The van der Waals surface area contributed by atoms with E-state index in [2.05, 4.69) is 204 Å². The molecule has 1 heterocycles. The van der Waals surface area contributed by atoms with Crippen molar-refractivity contribution in [2.45, 2.75) is 0 Å². The summed E-state index contributed by atoms with van der Waals surface area (Å²) < 4.78 is 2.40. The average molecular weight is 637 g/mol. The van der Waals surface area contributed by atoms with Gasteiger partial charge in [-0.3, -0.25) is 0 Å². The van der Waals surface area contributed by atoms with Gasteiger partial charge in [-0.15, -0.1) is 0 Å². The lowest BCUT2D eigenvalue weighted by molar-refractivity contribution is 1.18. The lowest BCUT2D eigenvalue weighted by atomic mass is 10.0. The van der Waals surface area contributed by atoms with E-state index >= 15 is 0 Å². The van der Waals surface area contributed by atoms with Crippen LogP contribution in [-0.2, 0) is 0 Å². The van der Waals surface area contributed by atoms with Gasteiger partial charge in [0, 0.05) is 32.9 Å². The molecule has 0 saturated heterocycles. The Hall–Kier alpha value is -6.64. The van der Waals surface area contributed by atoms with E-state index in [1.54, 1.807) is 0 Å². The van der Waals surface area contributed by atoms with Crippen LogP contribution in [0.4, 0.5) is 17.1 Å². The van der Waals surface area contributed by atoms with Crippen molar-refractivity contribution in [1.82, 2.24) is 4.57 Å². The Bertz CT molecular complexity index is 2770. The van der Waals surface area contributed by atoms with E-state index in [-0.39, 0.29) is 0 Å². The highest BCUT2D eigenvalue weighted by molar-refractivity contribution is 6.13. The highest BCUT2D eigenvalue weighted by atomic mass is 15.1. The molecule has 0 aliphatic carbocycles. The normalized spacial score (nSPS) is 11.6. The van der Waals surface area contributed by atoms with E-state index in [9.17, 15) is 0 Å². The number of hydrogen-bond acceptors (Lipinski definition) is 1. The number of para-hydroxylation sites is 1. The molecule has 2 nitrogen and oxygen atoms in total. The molecule has 0 unspecified atom stereocenters. The summed E-state index contributed by atoms with van der Waals surface area (Å²) in [6.45, 7) is 0. The van der Waals surface area contributed by atoms with Crippen LogP contribution in [0.1, 0.15) is 0 Å². The van der Waals surface area contributed by atoms with Crippen molar-refractivity contribution in [3.8, 4) is 16.8 Å². The topological polar surface area (TPSA) is 8.17 Å². The molecule has 0 fully saturated rings. The molecular formula is C48H32N2. The fourth-order valence-corrected chi connectivity index (χ4v) is 7.75. The van der Waals surface area contributed by atoms with Crippen molar-refractivity contribution in [1.29, 1.82) is 0 Å². The zero-order valence-electron chi connectivity index (χ0n) is 27.4. The smallest absolute Gasteiger partial charge is 0.0547 e. The molecular weight excluding hydrogens is 605 g/mol. The summed E-state index contributed by atoms with van der Waals surface area (Å²) in [5, 5.41) is 9.96. The molecule has 0 aliphatic rings. The highest BCUT2D eigenvalue weighted by Gasteiger charge is 2.18. The van der Waals surface area contributed by atoms with Crippen LogP contribution >= 0.6 is 0 Å². The minimum Gasteiger partial charge on any atom is -0.309 e. The highest BCUT2D eigenvalue weighted by Crippen LogP contribution is 2.42. The Morgan fingerprint density at radius 3 is 1.42 bits per heavy atom. The third-order valence-corrected chi connectivity index (χ3v) is 10.1. The number of fused-ring (bicyclic) bond motifs is 6. The van der Waals surface area contributed by atoms with Crippen LogP contribution < -0.4 is 4.90 Å². The first kappa shape index (κ1) is 28.4. The summed E-state index contributed by atoms with van der Waals surface area (Å²) in [6.07, 6.45) is 0. The van der Waals surface area contributed by atoms with Gasteiger partial charge in [0.1, 0.15) is 0 Å². The molecule has 234 valence electrons. The summed E-state index contributed by atoms with van der Waals surface area (Å²) in [5.41, 5.74) is 9.42. The largest absolute Gasteiger partial charge is 0.309 e. The molecule has 0 atom stereocenters. The van der Waals surface area contributed by atoms with Crippen LogP contribution in [0.5, 0.6) is 0 Å². The van der Waals surface area contributed by atoms with Gasteiger partial charge in [-0.25, -0.2) is 0 Å². The van der Waals surface area contributed by atoms with E-state index < -0.39 is 0 Å². The summed E-state index contributed by atoms with van der Waals surface area (Å²) in [7, 11) is 0. The van der Waals surface area contributed by atoms with E-state index in [0.717, 1.165) is 22.7 Å². The molecule has 10 aromatic rings. The molecule has 0 spiro atoms. The zero-order valence-corrected chi connectivity index (χ0v) is 27.4. The Morgan fingerprint density at radius 1 is 0.320 bits per heavy atom. The maximum absolute atomic E-state index is 2.41.